The normalized spacial score (nSPS) is 12.5. The highest BCUT2D eigenvalue weighted by Gasteiger charge is 2.27. The lowest BCUT2D eigenvalue weighted by atomic mass is 10.0. The molecular weight excluding hydrogens is 645 g/mol. The van der Waals surface area contributed by atoms with Gasteiger partial charge in [-0.25, -0.2) is 0 Å². The van der Waals surface area contributed by atoms with E-state index in [0.717, 1.165) is 38.5 Å². The maximum Gasteiger partial charge on any atom is 0.145 e. The Labute approximate surface area is 303 Å². The van der Waals surface area contributed by atoms with Crippen LogP contribution in [0.1, 0.15) is 0 Å². The van der Waals surface area contributed by atoms with Crippen molar-refractivity contribution >= 4 is 87.1 Å². The van der Waals surface area contributed by atoms with Crippen LogP contribution < -0.4 is 0 Å². The zero-order chi connectivity index (χ0) is 34.4. The van der Waals surface area contributed by atoms with Gasteiger partial charge in [-0.3, -0.25) is 0 Å². The monoisotopic (exact) mass is 672 g/mol. The summed E-state index contributed by atoms with van der Waals surface area (Å²) in [7, 11) is 0. The molecule has 0 radical (unpaired) electrons. The van der Waals surface area contributed by atoms with Gasteiger partial charge in [0.25, 0.3) is 0 Å². The molecule has 53 heavy (non-hydrogen) atoms. The Balaban J connectivity index is 1.28. The van der Waals surface area contributed by atoms with E-state index in [1.165, 1.54) is 82.2 Å². The van der Waals surface area contributed by atoms with E-state index in [-0.39, 0.29) is 0 Å². The Hall–Kier alpha value is -7.10. The number of rotatable bonds is 2. The van der Waals surface area contributed by atoms with Crippen LogP contribution in [0.5, 0.6) is 0 Å². The number of para-hydroxylation sites is 2. The van der Waals surface area contributed by atoms with Gasteiger partial charge in [-0.05, 0) is 69.4 Å². The van der Waals surface area contributed by atoms with E-state index < -0.39 is 0 Å². The summed E-state index contributed by atoms with van der Waals surface area (Å²) < 4.78 is 11.8. The van der Waals surface area contributed by atoms with Gasteiger partial charge < -0.3 is 13.6 Å². The summed E-state index contributed by atoms with van der Waals surface area (Å²) in [5.74, 6) is 0. The second-order valence-corrected chi connectivity index (χ2v) is 14.4. The van der Waals surface area contributed by atoms with Gasteiger partial charge in [-0.15, -0.1) is 0 Å². The summed E-state index contributed by atoms with van der Waals surface area (Å²) in [5.41, 5.74) is 14.1. The van der Waals surface area contributed by atoms with Crippen LogP contribution in [0.25, 0.3) is 121 Å². The maximum absolute atomic E-state index is 6.80. The number of benzene rings is 9. The molecule has 12 aromatic rings. The largest absolute Gasteiger partial charge is 0.455 e. The molecule has 0 amide bonds. The highest BCUT2D eigenvalue weighted by molar-refractivity contribution is 6.30. The average Bonchev–Trinajstić information content (AvgIpc) is 3.95. The van der Waals surface area contributed by atoms with E-state index in [1.807, 2.05) is 0 Å². The molecule has 0 saturated carbocycles. The Bertz CT molecular complexity index is 3540. The minimum atomic E-state index is 0.908. The molecule has 1 aliphatic carbocycles. The van der Waals surface area contributed by atoms with Crippen LogP contribution in [-0.4, -0.2) is 9.13 Å². The van der Waals surface area contributed by atoms with E-state index in [2.05, 4.69) is 179 Å². The molecule has 0 aliphatic heterocycles. The van der Waals surface area contributed by atoms with Gasteiger partial charge in [0.05, 0.1) is 38.8 Å². The predicted octanol–water partition coefficient (Wildman–Crippen LogP) is 13.7. The molecule has 3 heteroatoms. The van der Waals surface area contributed by atoms with Crippen molar-refractivity contribution < 1.29 is 4.42 Å². The Morgan fingerprint density at radius 2 is 0.925 bits per heavy atom. The Morgan fingerprint density at radius 1 is 0.321 bits per heavy atom. The van der Waals surface area contributed by atoms with Gasteiger partial charge in [0, 0.05) is 37.7 Å². The van der Waals surface area contributed by atoms with Gasteiger partial charge in [-0.2, -0.15) is 0 Å². The first-order chi connectivity index (χ1) is 26.3. The van der Waals surface area contributed by atoms with Crippen molar-refractivity contribution in [2.75, 3.05) is 0 Å². The quantitative estimate of drug-likeness (QED) is 0.179. The number of fused-ring (bicyclic) bond motifs is 15. The first kappa shape index (κ1) is 27.6. The third-order valence-corrected chi connectivity index (χ3v) is 11.8. The van der Waals surface area contributed by atoms with Crippen LogP contribution in [-0.2, 0) is 0 Å². The molecule has 0 saturated heterocycles. The number of furan rings is 1. The molecule has 3 nitrogen and oxygen atoms in total. The van der Waals surface area contributed by atoms with E-state index in [9.17, 15) is 0 Å². The van der Waals surface area contributed by atoms with Crippen molar-refractivity contribution in [3.8, 4) is 33.6 Å². The summed E-state index contributed by atoms with van der Waals surface area (Å²) in [6, 6.07) is 62.2. The highest BCUT2D eigenvalue weighted by atomic mass is 16.3. The van der Waals surface area contributed by atoms with Crippen LogP contribution >= 0.6 is 0 Å². The minimum Gasteiger partial charge on any atom is -0.455 e. The third kappa shape index (κ3) is 3.40. The molecule has 3 aromatic heterocycles. The first-order valence-electron chi connectivity index (χ1n) is 18.3. The maximum atomic E-state index is 6.80. The summed E-state index contributed by atoms with van der Waals surface area (Å²) in [5, 5.41) is 12.0. The number of hydrogen-bond donors (Lipinski definition) is 0. The highest BCUT2D eigenvalue weighted by Crippen LogP contribution is 2.50. The molecule has 0 N–H and O–H groups in total. The van der Waals surface area contributed by atoms with Gasteiger partial charge in [0.1, 0.15) is 11.2 Å². The molecule has 0 bridgehead atoms. The number of aromatic nitrogens is 2. The zero-order valence-corrected chi connectivity index (χ0v) is 28.5. The number of nitrogens with zero attached hydrogens (tertiary/aromatic N) is 2. The minimum absolute atomic E-state index is 0.908. The summed E-state index contributed by atoms with van der Waals surface area (Å²) in [6.07, 6.45) is 0. The Morgan fingerprint density at radius 3 is 1.83 bits per heavy atom. The summed E-state index contributed by atoms with van der Waals surface area (Å²) in [6.45, 7) is 0. The van der Waals surface area contributed by atoms with Crippen molar-refractivity contribution in [3.63, 3.8) is 0 Å². The molecule has 1 aliphatic rings. The molecule has 3 heterocycles. The molecule has 0 unspecified atom stereocenters. The van der Waals surface area contributed by atoms with Crippen molar-refractivity contribution in [3.05, 3.63) is 170 Å². The van der Waals surface area contributed by atoms with Gasteiger partial charge in [0.2, 0.25) is 0 Å². The average molecular weight is 673 g/mol. The summed E-state index contributed by atoms with van der Waals surface area (Å²) in [4.78, 5) is 0. The molecule has 0 atom stereocenters. The third-order valence-electron chi connectivity index (χ3n) is 11.8. The second kappa shape index (κ2) is 9.81. The molecule has 13 rings (SSSR count). The van der Waals surface area contributed by atoms with Gasteiger partial charge in [0.15, 0.2) is 0 Å². The molecule has 0 fully saturated rings. The predicted molar refractivity (Wildman–Crippen MR) is 222 cm³/mol. The van der Waals surface area contributed by atoms with Crippen LogP contribution in [0, 0.1) is 0 Å². The molecule has 0 spiro atoms. The lowest BCUT2D eigenvalue weighted by Gasteiger charge is -2.16. The van der Waals surface area contributed by atoms with Crippen LogP contribution in [0.15, 0.2) is 174 Å². The van der Waals surface area contributed by atoms with Gasteiger partial charge in [-0.1, -0.05) is 133 Å². The lowest BCUT2D eigenvalue weighted by molar-refractivity contribution is 0.673. The molecule has 9 aromatic carbocycles. The fraction of sp³-hybridized carbons (Fsp3) is 0. The molecular formula is C50H28N2O. The van der Waals surface area contributed by atoms with Crippen LogP contribution in [0.3, 0.4) is 0 Å². The molecule has 244 valence electrons. The van der Waals surface area contributed by atoms with E-state index in [4.69, 9.17) is 4.42 Å². The fourth-order valence-corrected chi connectivity index (χ4v) is 9.71. The van der Waals surface area contributed by atoms with Crippen molar-refractivity contribution in [2.45, 2.75) is 0 Å². The lowest BCUT2D eigenvalue weighted by Crippen LogP contribution is -2.00. The van der Waals surface area contributed by atoms with Crippen molar-refractivity contribution in [2.24, 2.45) is 0 Å². The van der Waals surface area contributed by atoms with Crippen LogP contribution in [0.4, 0.5) is 0 Å². The summed E-state index contributed by atoms with van der Waals surface area (Å²) >= 11 is 0. The van der Waals surface area contributed by atoms with Crippen LogP contribution in [0.2, 0.25) is 0 Å². The van der Waals surface area contributed by atoms with Crippen molar-refractivity contribution in [1.82, 2.24) is 9.13 Å². The van der Waals surface area contributed by atoms with E-state index in [0.29, 0.717) is 0 Å². The van der Waals surface area contributed by atoms with Gasteiger partial charge >= 0.3 is 0 Å². The second-order valence-electron chi connectivity index (χ2n) is 14.4. The number of hydrogen-bond acceptors (Lipinski definition) is 1. The topological polar surface area (TPSA) is 23.0 Å². The van der Waals surface area contributed by atoms with E-state index in [1.54, 1.807) is 0 Å². The van der Waals surface area contributed by atoms with Crippen molar-refractivity contribution in [1.29, 1.82) is 0 Å². The zero-order valence-electron chi connectivity index (χ0n) is 28.5. The Kier molecular flexibility index (Phi) is 5.11. The standard InChI is InChI=1S/C50H28N2O/c1-2-13-30-29(11-1)12-9-21-41(30)52-44-28-26-38-34-17-6-8-22-45(34)53-50(38)47(44)40-24-23-37-33-16-5-7-20-42(33)51(48(37)49(40)52)43-27-25-36-32-15-4-3-14-31(32)35-18-10-19-39(43)46(35)36/h1-28H. The SMILES string of the molecule is c1ccc2c(c1)-c1cccc3c(-n4c5ccccc5c5ccc6c7c8oc9ccccc9c8ccc7n(-c7cccc8ccccc78)c6c54)ccc-2c13. The fourth-order valence-electron chi connectivity index (χ4n) is 9.71. The smallest absolute Gasteiger partial charge is 0.145 e. The van der Waals surface area contributed by atoms with E-state index >= 15 is 0 Å². The first-order valence-corrected chi connectivity index (χ1v) is 18.3.